The van der Waals surface area contributed by atoms with Crippen molar-refractivity contribution in [3.8, 4) is 0 Å². The second-order valence-corrected chi connectivity index (χ2v) is 4.73. The molecule has 0 aliphatic carbocycles. The topological polar surface area (TPSA) is 12.0 Å². The van der Waals surface area contributed by atoms with Crippen LogP contribution in [0.4, 0.5) is 0 Å². The van der Waals surface area contributed by atoms with Crippen molar-refractivity contribution in [3.63, 3.8) is 0 Å². The normalized spacial score (nSPS) is 32.7. The van der Waals surface area contributed by atoms with Gasteiger partial charge in [0.25, 0.3) is 0 Å². The van der Waals surface area contributed by atoms with Crippen LogP contribution in [0.1, 0.15) is 40.5 Å². The van der Waals surface area contributed by atoms with E-state index in [0.29, 0.717) is 5.41 Å². The van der Waals surface area contributed by atoms with Gasteiger partial charge in [-0.2, -0.15) is 0 Å². The van der Waals surface area contributed by atoms with E-state index < -0.39 is 0 Å². The monoisotopic (exact) mass is 155 g/mol. The van der Waals surface area contributed by atoms with Crippen molar-refractivity contribution in [3.05, 3.63) is 0 Å². The molecule has 1 saturated heterocycles. The summed E-state index contributed by atoms with van der Waals surface area (Å²) in [5, 5.41) is 3.56. The maximum absolute atomic E-state index is 3.56. The Labute approximate surface area is 70.6 Å². The molecule has 1 heterocycles. The summed E-state index contributed by atoms with van der Waals surface area (Å²) in [6.45, 7) is 10.6. The Kier molecular flexibility index (Phi) is 2.58. The smallest absolute Gasteiger partial charge is 0.00981 e. The first-order chi connectivity index (χ1) is 5.05. The zero-order valence-corrected chi connectivity index (χ0v) is 8.28. The van der Waals surface area contributed by atoms with Gasteiger partial charge in [0.1, 0.15) is 0 Å². The Morgan fingerprint density at radius 2 is 2.00 bits per heavy atom. The third kappa shape index (κ3) is 1.96. The molecule has 1 rings (SSSR count). The molecule has 1 unspecified atom stereocenters. The molecule has 0 aromatic rings. The van der Waals surface area contributed by atoms with Crippen molar-refractivity contribution in [2.24, 2.45) is 11.3 Å². The minimum Gasteiger partial charge on any atom is -0.314 e. The van der Waals surface area contributed by atoms with Crippen LogP contribution in [-0.4, -0.2) is 12.6 Å². The highest BCUT2D eigenvalue weighted by molar-refractivity contribution is 4.89. The highest BCUT2D eigenvalue weighted by Crippen LogP contribution is 2.35. The molecule has 0 saturated carbocycles. The first-order valence-electron chi connectivity index (χ1n) is 4.79. The van der Waals surface area contributed by atoms with Crippen molar-refractivity contribution in [2.75, 3.05) is 6.54 Å². The van der Waals surface area contributed by atoms with Crippen LogP contribution in [-0.2, 0) is 0 Å². The average molecular weight is 155 g/mol. The summed E-state index contributed by atoms with van der Waals surface area (Å²) < 4.78 is 0. The number of nitrogens with one attached hydrogen (secondary N) is 1. The molecular formula is C10H21N. The molecular weight excluding hydrogens is 134 g/mol. The van der Waals surface area contributed by atoms with Crippen LogP contribution in [0.15, 0.2) is 0 Å². The molecule has 11 heavy (non-hydrogen) atoms. The zero-order valence-electron chi connectivity index (χ0n) is 8.28. The number of hydrogen-bond donors (Lipinski definition) is 1. The predicted octanol–water partition coefficient (Wildman–Crippen LogP) is 2.42. The van der Waals surface area contributed by atoms with Crippen LogP contribution in [0.25, 0.3) is 0 Å². The molecule has 0 spiro atoms. The zero-order chi connectivity index (χ0) is 8.48. The Balaban J connectivity index is 2.57. The highest BCUT2D eigenvalue weighted by Gasteiger charge is 2.34. The molecule has 0 aromatic carbocycles. The SMILES string of the molecule is CC[C@H]1NCCC1C(C)(C)C. The van der Waals surface area contributed by atoms with Crippen molar-refractivity contribution >= 4 is 0 Å². The molecule has 1 fully saturated rings. The largest absolute Gasteiger partial charge is 0.314 e. The summed E-state index contributed by atoms with van der Waals surface area (Å²) in [5.41, 5.74) is 0.490. The van der Waals surface area contributed by atoms with E-state index in [1.54, 1.807) is 0 Å². The summed E-state index contributed by atoms with van der Waals surface area (Å²) in [5.74, 6) is 0.882. The lowest BCUT2D eigenvalue weighted by Gasteiger charge is -2.31. The van der Waals surface area contributed by atoms with E-state index in [1.165, 1.54) is 19.4 Å². The van der Waals surface area contributed by atoms with Crippen LogP contribution in [0, 0.1) is 11.3 Å². The second kappa shape index (κ2) is 3.14. The molecule has 0 radical (unpaired) electrons. The molecule has 2 atom stereocenters. The van der Waals surface area contributed by atoms with Gasteiger partial charge in [-0.15, -0.1) is 0 Å². The van der Waals surface area contributed by atoms with E-state index in [-0.39, 0.29) is 0 Å². The van der Waals surface area contributed by atoms with Crippen LogP contribution in [0.3, 0.4) is 0 Å². The van der Waals surface area contributed by atoms with E-state index in [4.69, 9.17) is 0 Å². The van der Waals surface area contributed by atoms with Crippen LogP contribution >= 0.6 is 0 Å². The standard InChI is InChI=1S/C10H21N/c1-5-9-8(6-7-11-9)10(2,3)4/h8-9,11H,5-7H2,1-4H3/t8?,9-/m1/s1. The molecule has 66 valence electrons. The lowest BCUT2D eigenvalue weighted by atomic mass is 9.76. The fourth-order valence-electron chi connectivity index (χ4n) is 2.23. The molecule has 1 aliphatic heterocycles. The molecule has 1 aliphatic rings. The summed E-state index contributed by atoms with van der Waals surface area (Å²) in [7, 11) is 0. The molecule has 1 N–H and O–H groups in total. The number of rotatable bonds is 1. The van der Waals surface area contributed by atoms with E-state index in [2.05, 4.69) is 33.0 Å². The minimum atomic E-state index is 0.490. The summed E-state index contributed by atoms with van der Waals surface area (Å²) in [6, 6.07) is 0.773. The van der Waals surface area contributed by atoms with Gasteiger partial charge in [-0.3, -0.25) is 0 Å². The highest BCUT2D eigenvalue weighted by atomic mass is 15.0. The molecule has 1 heteroatoms. The molecule has 0 amide bonds. The van der Waals surface area contributed by atoms with Gasteiger partial charge < -0.3 is 5.32 Å². The Bertz CT molecular complexity index is 123. The van der Waals surface area contributed by atoms with E-state index in [1.807, 2.05) is 0 Å². The summed E-state index contributed by atoms with van der Waals surface area (Å²) in [4.78, 5) is 0. The number of hydrogen-bond acceptors (Lipinski definition) is 1. The van der Waals surface area contributed by atoms with Gasteiger partial charge in [-0.25, -0.2) is 0 Å². The van der Waals surface area contributed by atoms with Crippen molar-refractivity contribution in [1.29, 1.82) is 0 Å². The fraction of sp³-hybridized carbons (Fsp3) is 1.00. The summed E-state index contributed by atoms with van der Waals surface area (Å²) >= 11 is 0. The van der Waals surface area contributed by atoms with Crippen LogP contribution in [0.5, 0.6) is 0 Å². The maximum Gasteiger partial charge on any atom is 0.00981 e. The van der Waals surface area contributed by atoms with Crippen molar-refractivity contribution in [2.45, 2.75) is 46.6 Å². The molecule has 0 bridgehead atoms. The van der Waals surface area contributed by atoms with Gasteiger partial charge in [0.15, 0.2) is 0 Å². The van der Waals surface area contributed by atoms with Crippen LogP contribution in [0.2, 0.25) is 0 Å². The summed E-state index contributed by atoms with van der Waals surface area (Å²) in [6.07, 6.45) is 2.64. The Morgan fingerprint density at radius 3 is 2.36 bits per heavy atom. The lowest BCUT2D eigenvalue weighted by Crippen LogP contribution is -2.33. The van der Waals surface area contributed by atoms with Crippen molar-refractivity contribution < 1.29 is 0 Å². The van der Waals surface area contributed by atoms with E-state index in [9.17, 15) is 0 Å². The van der Waals surface area contributed by atoms with Gasteiger partial charge in [0.2, 0.25) is 0 Å². The Morgan fingerprint density at radius 1 is 1.36 bits per heavy atom. The van der Waals surface area contributed by atoms with Gasteiger partial charge in [-0.05, 0) is 30.7 Å². The lowest BCUT2D eigenvalue weighted by molar-refractivity contribution is 0.214. The van der Waals surface area contributed by atoms with E-state index >= 15 is 0 Å². The third-order valence-electron chi connectivity index (χ3n) is 2.90. The van der Waals surface area contributed by atoms with Crippen molar-refractivity contribution in [1.82, 2.24) is 5.32 Å². The van der Waals surface area contributed by atoms with Gasteiger partial charge >= 0.3 is 0 Å². The molecule has 0 aromatic heterocycles. The van der Waals surface area contributed by atoms with Gasteiger partial charge in [-0.1, -0.05) is 27.7 Å². The van der Waals surface area contributed by atoms with Crippen LogP contribution < -0.4 is 5.32 Å². The Hall–Kier alpha value is -0.0400. The third-order valence-corrected chi connectivity index (χ3v) is 2.90. The van der Waals surface area contributed by atoms with E-state index in [0.717, 1.165) is 12.0 Å². The first kappa shape index (κ1) is 9.05. The second-order valence-electron chi connectivity index (χ2n) is 4.73. The molecule has 1 nitrogen and oxygen atoms in total. The van der Waals surface area contributed by atoms with Gasteiger partial charge in [0, 0.05) is 6.04 Å². The predicted molar refractivity (Wildman–Crippen MR) is 49.6 cm³/mol. The quantitative estimate of drug-likeness (QED) is 0.613. The minimum absolute atomic E-state index is 0.490. The average Bonchev–Trinajstić information content (AvgIpc) is 2.31. The van der Waals surface area contributed by atoms with Gasteiger partial charge in [0.05, 0.1) is 0 Å². The first-order valence-corrected chi connectivity index (χ1v) is 4.79. The fourth-order valence-corrected chi connectivity index (χ4v) is 2.23. The maximum atomic E-state index is 3.56.